The fraction of sp³-hybridized carbons (Fsp3) is 0.381. The Balaban J connectivity index is 1.46. The van der Waals surface area contributed by atoms with Crippen molar-refractivity contribution in [1.29, 1.82) is 0 Å². The molecule has 1 aromatic carbocycles. The van der Waals surface area contributed by atoms with E-state index >= 15 is 0 Å². The predicted molar refractivity (Wildman–Crippen MR) is 112 cm³/mol. The van der Waals surface area contributed by atoms with Crippen molar-refractivity contribution >= 4 is 21.8 Å². The fourth-order valence-electron chi connectivity index (χ4n) is 3.35. The molecule has 0 aliphatic carbocycles. The molecule has 2 heterocycles. The molecular weight excluding hydrogens is 423 g/mol. The standard InChI is InChI=1S/C21H25FN4O4S/c22-17-6-8-19(9-7-17)31(29,30)26-13-3-4-16(15-26)21(28)24-12-10-20(27)25-14-18-5-1-2-11-23-18/h1-2,5-9,11,16H,3-4,10,12-15H2,(H,24,28)(H,25,27). The third-order valence-electron chi connectivity index (χ3n) is 5.05. The molecule has 2 aromatic rings. The summed E-state index contributed by atoms with van der Waals surface area (Å²) in [7, 11) is -3.80. The summed E-state index contributed by atoms with van der Waals surface area (Å²) in [5.74, 6) is -1.51. The number of aromatic nitrogens is 1. The molecule has 3 rings (SSSR count). The molecule has 0 saturated carbocycles. The van der Waals surface area contributed by atoms with Crippen LogP contribution in [-0.2, 0) is 26.2 Å². The largest absolute Gasteiger partial charge is 0.355 e. The topological polar surface area (TPSA) is 108 Å². The second kappa shape index (κ2) is 10.5. The van der Waals surface area contributed by atoms with E-state index in [4.69, 9.17) is 0 Å². The lowest BCUT2D eigenvalue weighted by Crippen LogP contribution is -2.45. The minimum Gasteiger partial charge on any atom is -0.355 e. The quantitative estimate of drug-likeness (QED) is 0.635. The number of carbonyl (C=O) groups excluding carboxylic acids is 2. The minimum absolute atomic E-state index is 0.000430. The first kappa shape index (κ1) is 22.8. The molecule has 2 N–H and O–H groups in total. The summed E-state index contributed by atoms with van der Waals surface area (Å²) in [5.41, 5.74) is 0.740. The lowest BCUT2D eigenvalue weighted by Gasteiger charge is -2.31. The summed E-state index contributed by atoms with van der Waals surface area (Å²) in [4.78, 5) is 28.5. The molecule has 166 valence electrons. The third-order valence-corrected chi connectivity index (χ3v) is 6.93. The molecule has 1 fully saturated rings. The van der Waals surface area contributed by atoms with Crippen molar-refractivity contribution < 1.29 is 22.4 Å². The van der Waals surface area contributed by atoms with Gasteiger partial charge in [0.1, 0.15) is 5.82 Å². The van der Waals surface area contributed by atoms with Gasteiger partial charge in [-0.05, 0) is 49.2 Å². The smallest absolute Gasteiger partial charge is 0.243 e. The van der Waals surface area contributed by atoms with Gasteiger partial charge in [-0.2, -0.15) is 4.31 Å². The molecule has 1 aliphatic rings. The number of halogens is 1. The summed E-state index contributed by atoms with van der Waals surface area (Å²) in [6.07, 6.45) is 2.87. The number of carbonyl (C=O) groups is 2. The van der Waals surface area contributed by atoms with Crippen LogP contribution in [0.25, 0.3) is 0 Å². The van der Waals surface area contributed by atoms with E-state index < -0.39 is 21.8 Å². The van der Waals surface area contributed by atoms with Gasteiger partial charge in [-0.25, -0.2) is 12.8 Å². The lowest BCUT2D eigenvalue weighted by atomic mass is 9.99. The number of hydrogen-bond acceptors (Lipinski definition) is 5. The van der Waals surface area contributed by atoms with Crippen LogP contribution in [0.4, 0.5) is 4.39 Å². The normalized spacial score (nSPS) is 17.1. The number of nitrogens with one attached hydrogen (secondary N) is 2. The van der Waals surface area contributed by atoms with E-state index in [1.54, 1.807) is 18.3 Å². The molecule has 1 aliphatic heterocycles. The van der Waals surface area contributed by atoms with E-state index in [9.17, 15) is 22.4 Å². The molecule has 1 atom stereocenters. The Bertz CT molecular complexity index is 1000. The highest BCUT2D eigenvalue weighted by Gasteiger charge is 2.33. The van der Waals surface area contributed by atoms with Crippen LogP contribution in [0.2, 0.25) is 0 Å². The molecule has 0 bridgehead atoms. The summed E-state index contributed by atoms with van der Waals surface area (Å²) < 4.78 is 39.9. The number of piperidine rings is 1. The van der Waals surface area contributed by atoms with Crippen molar-refractivity contribution in [3.8, 4) is 0 Å². The maximum Gasteiger partial charge on any atom is 0.243 e. The summed E-state index contributed by atoms with van der Waals surface area (Å²) in [5, 5.41) is 5.45. The van der Waals surface area contributed by atoms with Crippen LogP contribution in [0.1, 0.15) is 25.0 Å². The van der Waals surface area contributed by atoms with Crippen molar-refractivity contribution in [2.24, 2.45) is 5.92 Å². The highest BCUT2D eigenvalue weighted by molar-refractivity contribution is 7.89. The van der Waals surface area contributed by atoms with Gasteiger partial charge in [0.25, 0.3) is 0 Å². The zero-order chi connectivity index (χ0) is 22.3. The van der Waals surface area contributed by atoms with Crippen LogP contribution in [0.5, 0.6) is 0 Å². The first-order valence-electron chi connectivity index (χ1n) is 10.1. The maximum absolute atomic E-state index is 13.1. The van der Waals surface area contributed by atoms with Gasteiger partial charge in [-0.3, -0.25) is 14.6 Å². The summed E-state index contributed by atoms with van der Waals surface area (Å²) >= 11 is 0. The molecule has 31 heavy (non-hydrogen) atoms. The average Bonchev–Trinajstić information content (AvgIpc) is 2.78. The van der Waals surface area contributed by atoms with Crippen LogP contribution in [0.15, 0.2) is 53.6 Å². The average molecular weight is 449 g/mol. The van der Waals surface area contributed by atoms with Crippen LogP contribution < -0.4 is 10.6 Å². The maximum atomic E-state index is 13.1. The SMILES string of the molecule is O=C(CCNC(=O)C1CCCN(S(=O)(=O)c2ccc(F)cc2)C1)NCc1ccccn1. The molecule has 2 amide bonds. The number of benzene rings is 1. The second-order valence-electron chi connectivity index (χ2n) is 7.29. The first-order chi connectivity index (χ1) is 14.9. The van der Waals surface area contributed by atoms with Crippen molar-refractivity contribution in [1.82, 2.24) is 19.9 Å². The zero-order valence-corrected chi connectivity index (χ0v) is 17.8. The molecule has 0 spiro atoms. The van der Waals surface area contributed by atoms with E-state index in [1.165, 1.54) is 16.4 Å². The zero-order valence-electron chi connectivity index (χ0n) is 17.0. The number of rotatable bonds is 8. The molecule has 1 unspecified atom stereocenters. The monoisotopic (exact) mass is 448 g/mol. The molecular formula is C21H25FN4O4S. The second-order valence-corrected chi connectivity index (χ2v) is 9.23. The predicted octanol–water partition coefficient (Wildman–Crippen LogP) is 1.44. The Morgan fingerprint density at radius 2 is 1.90 bits per heavy atom. The number of hydrogen-bond donors (Lipinski definition) is 2. The Morgan fingerprint density at radius 3 is 2.61 bits per heavy atom. The number of sulfonamides is 1. The molecule has 0 radical (unpaired) electrons. The van der Waals surface area contributed by atoms with Crippen molar-refractivity contribution in [3.05, 3.63) is 60.2 Å². The van der Waals surface area contributed by atoms with Crippen LogP contribution in [0, 0.1) is 11.7 Å². The van der Waals surface area contributed by atoms with Gasteiger partial charge in [0, 0.05) is 32.3 Å². The van der Waals surface area contributed by atoms with Crippen LogP contribution >= 0.6 is 0 Å². The van der Waals surface area contributed by atoms with E-state index in [0.717, 1.165) is 17.8 Å². The minimum atomic E-state index is -3.80. The molecule has 8 nitrogen and oxygen atoms in total. The Kier molecular flexibility index (Phi) is 7.69. The van der Waals surface area contributed by atoms with Crippen LogP contribution in [0.3, 0.4) is 0 Å². The van der Waals surface area contributed by atoms with Gasteiger partial charge in [-0.15, -0.1) is 0 Å². The highest BCUT2D eigenvalue weighted by atomic mass is 32.2. The highest BCUT2D eigenvalue weighted by Crippen LogP contribution is 2.24. The Hall–Kier alpha value is -2.85. The third kappa shape index (κ3) is 6.31. The Morgan fingerprint density at radius 1 is 1.13 bits per heavy atom. The number of amides is 2. The first-order valence-corrected chi connectivity index (χ1v) is 11.5. The van der Waals surface area contributed by atoms with Gasteiger partial charge >= 0.3 is 0 Å². The molecule has 1 aromatic heterocycles. The van der Waals surface area contributed by atoms with E-state index in [1.807, 2.05) is 6.07 Å². The lowest BCUT2D eigenvalue weighted by molar-refractivity contribution is -0.126. The van der Waals surface area contributed by atoms with Crippen molar-refractivity contribution in [2.75, 3.05) is 19.6 Å². The molecule has 10 heteroatoms. The summed E-state index contributed by atoms with van der Waals surface area (Å²) in [6.45, 7) is 0.831. The van der Waals surface area contributed by atoms with E-state index in [2.05, 4.69) is 15.6 Å². The number of pyridine rings is 1. The van der Waals surface area contributed by atoms with Gasteiger partial charge in [-0.1, -0.05) is 6.07 Å². The van der Waals surface area contributed by atoms with Gasteiger partial charge in [0.2, 0.25) is 21.8 Å². The van der Waals surface area contributed by atoms with Gasteiger partial charge in [0.15, 0.2) is 0 Å². The van der Waals surface area contributed by atoms with Crippen molar-refractivity contribution in [2.45, 2.75) is 30.7 Å². The van der Waals surface area contributed by atoms with Gasteiger partial charge in [0.05, 0.1) is 23.1 Å². The Labute approximate surface area is 180 Å². The fourth-order valence-corrected chi connectivity index (χ4v) is 4.88. The number of nitrogens with zero attached hydrogens (tertiary/aromatic N) is 2. The summed E-state index contributed by atoms with van der Waals surface area (Å²) in [6, 6.07) is 10.1. The van der Waals surface area contributed by atoms with Crippen molar-refractivity contribution in [3.63, 3.8) is 0 Å². The van der Waals surface area contributed by atoms with Crippen LogP contribution in [-0.4, -0.2) is 49.2 Å². The van der Waals surface area contributed by atoms with Gasteiger partial charge < -0.3 is 10.6 Å². The van der Waals surface area contributed by atoms with E-state index in [-0.39, 0.29) is 36.2 Å². The molecule has 1 saturated heterocycles. The van der Waals surface area contributed by atoms with E-state index in [0.29, 0.717) is 25.9 Å².